The Morgan fingerprint density at radius 1 is 1.03 bits per heavy atom. The number of ether oxygens (including phenoxy) is 1. The van der Waals surface area contributed by atoms with Crippen molar-refractivity contribution in [1.29, 1.82) is 0 Å². The zero-order valence-corrected chi connectivity index (χ0v) is 17.5. The molecule has 0 saturated carbocycles. The van der Waals surface area contributed by atoms with Crippen LogP contribution in [0.2, 0.25) is 0 Å². The number of carbonyl (C=O) groups excluding carboxylic acids is 1. The number of likely N-dealkylation sites (N-methyl/N-ethyl adjacent to an activating group) is 1. The number of H-pyrrole nitrogens is 2. The fraction of sp³-hybridized carbons (Fsp3) is 0.217. The molecule has 0 bridgehead atoms. The molecule has 34 heavy (non-hydrogen) atoms. The SMILES string of the molecule is CN(C(=O)c1cc2cc(F)c(C(F)F)cc2[nH]1)[C@H]1COCc2[nH]c(=O)c3cc(F)c(F)cc3c21. The molecule has 0 unspecified atom stereocenters. The van der Waals surface area contributed by atoms with Gasteiger partial charge in [0.1, 0.15) is 11.5 Å². The van der Waals surface area contributed by atoms with Crippen LogP contribution in [0.15, 0.2) is 35.1 Å². The fourth-order valence-electron chi connectivity index (χ4n) is 4.33. The number of nitrogens with zero attached hydrogens (tertiary/aromatic N) is 1. The van der Waals surface area contributed by atoms with Crippen LogP contribution in [0.4, 0.5) is 22.0 Å². The summed E-state index contributed by atoms with van der Waals surface area (Å²) in [7, 11) is 1.44. The lowest BCUT2D eigenvalue weighted by Gasteiger charge is -2.33. The molecule has 3 heterocycles. The van der Waals surface area contributed by atoms with Crippen molar-refractivity contribution in [1.82, 2.24) is 14.9 Å². The number of hydrogen-bond acceptors (Lipinski definition) is 3. The van der Waals surface area contributed by atoms with Gasteiger partial charge in [0.15, 0.2) is 11.6 Å². The first kappa shape index (κ1) is 22.1. The van der Waals surface area contributed by atoms with E-state index in [-0.39, 0.29) is 40.6 Å². The molecule has 5 rings (SSSR count). The molecule has 1 aliphatic rings. The zero-order valence-electron chi connectivity index (χ0n) is 17.5. The molecule has 6 nitrogen and oxygen atoms in total. The van der Waals surface area contributed by atoms with E-state index in [1.54, 1.807) is 0 Å². The lowest BCUT2D eigenvalue weighted by molar-refractivity contribution is 0.0333. The van der Waals surface area contributed by atoms with E-state index >= 15 is 0 Å². The zero-order chi connectivity index (χ0) is 24.3. The van der Waals surface area contributed by atoms with Crippen LogP contribution in [0, 0.1) is 17.5 Å². The number of rotatable bonds is 3. The average molecular weight is 477 g/mol. The summed E-state index contributed by atoms with van der Waals surface area (Å²) in [5.74, 6) is -4.00. The molecule has 2 aromatic heterocycles. The molecular formula is C23H16F5N3O3. The summed E-state index contributed by atoms with van der Waals surface area (Å²) in [5.41, 5.74) is -0.542. The molecule has 2 N–H and O–H groups in total. The number of fused-ring (bicyclic) bond motifs is 4. The Kier molecular flexibility index (Phi) is 5.16. The third kappa shape index (κ3) is 3.43. The van der Waals surface area contributed by atoms with E-state index in [0.29, 0.717) is 11.3 Å². The fourth-order valence-corrected chi connectivity index (χ4v) is 4.33. The Labute approximate surface area is 187 Å². The van der Waals surface area contributed by atoms with Crippen molar-refractivity contribution in [3.63, 3.8) is 0 Å². The van der Waals surface area contributed by atoms with Crippen molar-refractivity contribution in [2.24, 2.45) is 0 Å². The van der Waals surface area contributed by atoms with Crippen LogP contribution in [0.3, 0.4) is 0 Å². The first-order valence-corrected chi connectivity index (χ1v) is 10.1. The molecule has 1 amide bonds. The van der Waals surface area contributed by atoms with Crippen molar-refractivity contribution in [3.8, 4) is 0 Å². The van der Waals surface area contributed by atoms with Crippen LogP contribution in [0.25, 0.3) is 21.7 Å². The molecule has 176 valence electrons. The quantitative estimate of drug-likeness (QED) is 0.420. The topological polar surface area (TPSA) is 78.2 Å². The van der Waals surface area contributed by atoms with Gasteiger partial charge in [0.25, 0.3) is 17.9 Å². The predicted molar refractivity (Wildman–Crippen MR) is 112 cm³/mol. The van der Waals surface area contributed by atoms with Crippen LogP contribution in [-0.2, 0) is 11.3 Å². The lowest BCUT2D eigenvalue weighted by Crippen LogP contribution is -2.37. The molecule has 1 aliphatic heterocycles. The first-order chi connectivity index (χ1) is 16.2. The third-order valence-corrected chi connectivity index (χ3v) is 6.03. The van der Waals surface area contributed by atoms with Gasteiger partial charge in [0, 0.05) is 29.2 Å². The molecule has 0 saturated heterocycles. The minimum Gasteiger partial charge on any atom is -0.373 e. The molecule has 0 radical (unpaired) electrons. The number of pyridine rings is 1. The lowest BCUT2D eigenvalue weighted by atomic mass is 9.95. The van der Waals surface area contributed by atoms with Gasteiger partial charge >= 0.3 is 0 Å². The van der Waals surface area contributed by atoms with E-state index in [9.17, 15) is 31.5 Å². The van der Waals surface area contributed by atoms with Gasteiger partial charge in [-0.25, -0.2) is 22.0 Å². The molecular weight excluding hydrogens is 461 g/mol. The minimum atomic E-state index is -3.02. The number of hydrogen-bond donors (Lipinski definition) is 2. The number of alkyl halides is 2. The van der Waals surface area contributed by atoms with E-state index in [2.05, 4.69) is 9.97 Å². The summed E-state index contributed by atoms with van der Waals surface area (Å²) < 4.78 is 73.3. The minimum absolute atomic E-state index is 0.000108. The predicted octanol–water partition coefficient (Wildman–Crippen LogP) is 4.71. The van der Waals surface area contributed by atoms with E-state index in [4.69, 9.17) is 4.74 Å². The Bertz CT molecular complexity index is 1530. The van der Waals surface area contributed by atoms with Crippen LogP contribution in [0.5, 0.6) is 0 Å². The van der Waals surface area contributed by atoms with Gasteiger partial charge < -0.3 is 19.6 Å². The Hall–Kier alpha value is -3.73. The molecule has 11 heteroatoms. The highest BCUT2D eigenvalue weighted by Crippen LogP contribution is 2.35. The van der Waals surface area contributed by atoms with Crippen LogP contribution < -0.4 is 5.56 Å². The number of carbonyl (C=O) groups is 1. The van der Waals surface area contributed by atoms with Crippen LogP contribution >= 0.6 is 0 Å². The summed E-state index contributed by atoms with van der Waals surface area (Å²) in [5, 5.41) is 0.295. The van der Waals surface area contributed by atoms with Crippen molar-refractivity contribution in [2.75, 3.05) is 13.7 Å². The monoisotopic (exact) mass is 477 g/mol. The van der Waals surface area contributed by atoms with Gasteiger partial charge in [-0.15, -0.1) is 0 Å². The summed E-state index contributed by atoms with van der Waals surface area (Å²) in [6.07, 6.45) is -3.02. The number of halogens is 5. The molecule has 4 aromatic rings. The Morgan fingerprint density at radius 2 is 1.74 bits per heavy atom. The van der Waals surface area contributed by atoms with E-state index in [1.807, 2.05) is 0 Å². The highest BCUT2D eigenvalue weighted by molar-refractivity contribution is 5.98. The number of aromatic amines is 2. The maximum Gasteiger partial charge on any atom is 0.270 e. The second kappa shape index (κ2) is 7.94. The van der Waals surface area contributed by atoms with Crippen molar-refractivity contribution in [2.45, 2.75) is 19.1 Å². The number of aromatic nitrogens is 2. The summed E-state index contributed by atoms with van der Waals surface area (Å²) >= 11 is 0. The molecule has 2 aromatic carbocycles. The number of benzene rings is 2. The van der Waals surface area contributed by atoms with Gasteiger partial charge in [-0.3, -0.25) is 9.59 Å². The average Bonchev–Trinajstić information content (AvgIpc) is 3.21. The van der Waals surface area contributed by atoms with Gasteiger partial charge in [0.2, 0.25) is 0 Å². The molecule has 1 atom stereocenters. The van der Waals surface area contributed by atoms with Gasteiger partial charge in [-0.05, 0) is 35.7 Å². The van der Waals surface area contributed by atoms with E-state index in [0.717, 1.165) is 24.3 Å². The third-order valence-electron chi connectivity index (χ3n) is 6.03. The number of nitrogens with one attached hydrogen (secondary N) is 2. The largest absolute Gasteiger partial charge is 0.373 e. The smallest absolute Gasteiger partial charge is 0.270 e. The van der Waals surface area contributed by atoms with E-state index < -0.39 is 46.9 Å². The standard InChI is InChI=1S/C23H16F5N3O3/c1-31(23(33)17-3-9-2-13(24)12(21(27)28)6-16(9)29-17)19-8-34-7-18-20(19)10-4-14(25)15(26)5-11(10)22(32)30-18/h2-6,19,21,29H,7-8H2,1H3,(H,30,32)/t19-/m0/s1. The van der Waals surface area contributed by atoms with Gasteiger partial charge in [-0.1, -0.05) is 0 Å². The maximum atomic E-state index is 14.1. The van der Waals surface area contributed by atoms with Crippen LogP contribution in [0.1, 0.15) is 39.8 Å². The highest BCUT2D eigenvalue weighted by Gasteiger charge is 2.32. The van der Waals surface area contributed by atoms with Crippen molar-refractivity contribution in [3.05, 3.63) is 80.7 Å². The first-order valence-electron chi connectivity index (χ1n) is 10.1. The summed E-state index contributed by atoms with van der Waals surface area (Å²) in [6.45, 7) is -0.000124. The summed E-state index contributed by atoms with van der Waals surface area (Å²) in [6, 6.07) is 4.11. The normalized spacial score (nSPS) is 15.8. The van der Waals surface area contributed by atoms with Crippen molar-refractivity contribution >= 4 is 27.6 Å². The van der Waals surface area contributed by atoms with Crippen molar-refractivity contribution < 1.29 is 31.5 Å². The van der Waals surface area contributed by atoms with E-state index in [1.165, 1.54) is 18.0 Å². The molecule has 0 fully saturated rings. The maximum absolute atomic E-state index is 14.1. The van der Waals surface area contributed by atoms with Gasteiger partial charge in [-0.2, -0.15) is 0 Å². The Morgan fingerprint density at radius 3 is 2.44 bits per heavy atom. The van der Waals surface area contributed by atoms with Gasteiger partial charge in [0.05, 0.1) is 30.2 Å². The second-order valence-corrected chi connectivity index (χ2v) is 8.05. The Balaban J connectivity index is 1.58. The number of amides is 1. The highest BCUT2D eigenvalue weighted by atomic mass is 19.3. The summed E-state index contributed by atoms with van der Waals surface area (Å²) in [4.78, 5) is 32.2. The molecule has 0 aliphatic carbocycles. The van der Waals surface area contributed by atoms with Crippen LogP contribution in [-0.4, -0.2) is 34.4 Å². The second-order valence-electron chi connectivity index (χ2n) is 8.05. The molecule has 0 spiro atoms.